The van der Waals surface area contributed by atoms with Crippen LogP contribution in [-0.4, -0.2) is 32.3 Å². The predicted octanol–water partition coefficient (Wildman–Crippen LogP) is 3.41. The number of anilines is 1. The fourth-order valence-electron chi connectivity index (χ4n) is 2.79. The van der Waals surface area contributed by atoms with Crippen LogP contribution in [0.15, 0.2) is 40.1 Å². The van der Waals surface area contributed by atoms with E-state index in [1.807, 2.05) is 19.9 Å². The highest BCUT2D eigenvalue weighted by molar-refractivity contribution is 7.99. The van der Waals surface area contributed by atoms with E-state index in [1.54, 1.807) is 22.8 Å². The molecule has 1 aromatic carbocycles. The molecule has 3 rings (SSSR count). The third kappa shape index (κ3) is 5.18. The van der Waals surface area contributed by atoms with Gasteiger partial charge >= 0.3 is 0 Å². The maximum Gasteiger partial charge on any atom is 0.234 e. The van der Waals surface area contributed by atoms with Gasteiger partial charge in [0.1, 0.15) is 0 Å². The van der Waals surface area contributed by atoms with Gasteiger partial charge in [-0.25, -0.2) is 0 Å². The van der Waals surface area contributed by atoms with Crippen molar-refractivity contribution in [3.8, 4) is 11.6 Å². The molecule has 10 heteroatoms. The second-order valence-corrected chi connectivity index (χ2v) is 7.78. The minimum absolute atomic E-state index is 0.0938. The van der Waals surface area contributed by atoms with Gasteiger partial charge < -0.3 is 15.5 Å². The van der Waals surface area contributed by atoms with Crippen LogP contribution in [0, 0.1) is 13.8 Å². The summed E-state index contributed by atoms with van der Waals surface area (Å²) in [4.78, 5) is 23.7. The first-order chi connectivity index (χ1) is 13.8. The molecule has 0 aliphatic rings. The Morgan fingerprint density at radius 1 is 1.31 bits per heavy atom. The molecule has 0 radical (unpaired) electrons. The van der Waals surface area contributed by atoms with E-state index in [1.165, 1.54) is 18.0 Å². The van der Waals surface area contributed by atoms with Crippen molar-refractivity contribution in [3.63, 3.8) is 0 Å². The van der Waals surface area contributed by atoms with Crippen molar-refractivity contribution in [1.82, 2.24) is 14.8 Å². The summed E-state index contributed by atoms with van der Waals surface area (Å²) in [6.45, 7) is 4.11. The smallest absolute Gasteiger partial charge is 0.234 e. The fourth-order valence-corrected chi connectivity index (χ4v) is 3.92. The van der Waals surface area contributed by atoms with Crippen LogP contribution in [-0.2, 0) is 16.1 Å². The molecule has 0 fully saturated rings. The predicted molar refractivity (Wildman–Crippen MR) is 112 cm³/mol. The fraction of sp³-hybridized carbons (Fsp3) is 0.263. The number of amides is 2. The molecule has 0 saturated heterocycles. The lowest BCUT2D eigenvalue weighted by Gasteiger charge is -2.12. The summed E-state index contributed by atoms with van der Waals surface area (Å²) in [7, 11) is 0. The van der Waals surface area contributed by atoms with Gasteiger partial charge in [0.2, 0.25) is 11.8 Å². The summed E-state index contributed by atoms with van der Waals surface area (Å²) in [5.74, 6) is 0.406. The largest absolute Gasteiger partial charge is 0.461 e. The molecule has 0 unspecified atom stereocenters. The van der Waals surface area contributed by atoms with E-state index in [-0.39, 0.29) is 24.6 Å². The Hall–Kier alpha value is -2.78. The number of furan rings is 1. The Labute approximate surface area is 176 Å². The quantitative estimate of drug-likeness (QED) is 0.526. The molecule has 0 aliphatic carbocycles. The summed E-state index contributed by atoms with van der Waals surface area (Å²) in [5, 5.41) is 12.1. The van der Waals surface area contributed by atoms with Crippen LogP contribution in [0.2, 0.25) is 5.02 Å². The highest BCUT2D eigenvalue weighted by atomic mass is 35.5. The van der Waals surface area contributed by atoms with Gasteiger partial charge in [-0.05, 0) is 43.2 Å². The van der Waals surface area contributed by atoms with Crippen molar-refractivity contribution in [2.75, 3.05) is 11.1 Å². The number of halogens is 1. The minimum atomic E-state index is -0.442. The number of rotatable bonds is 8. The van der Waals surface area contributed by atoms with Gasteiger partial charge in [-0.1, -0.05) is 29.4 Å². The van der Waals surface area contributed by atoms with Gasteiger partial charge in [-0.3, -0.25) is 14.2 Å². The van der Waals surface area contributed by atoms with E-state index < -0.39 is 5.91 Å². The van der Waals surface area contributed by atoms with Crippen LogP contribution < -0.4 is 11.1 Å². The van der Waals surface area contributed by atoms with Crippen molar-refractivity contribution >= 4 is 40.9 Å². The van der Waals surface area contributed by atoms with Crippen molar-refractivity contribution in [1.29, 1.82) is 0 Å². The molecule has 3 aromatic rings. The SMILES string of the molecule is Cc1cc(C)c(NC(=O)CSc2nnc(-c3ccco3)n2CCC(N)=O)c(Cl)c1. The highest BCUT2D eigenvalue weighted by Gasteiger charge is 2.18. The average Bonchev–Trinajstić information content (AvgIpc) is 3.30. The Bertz CT molecular complexity index is 1010. The van der Waals surface area contributed by atoms with Crippen LogP contribution in [0.1, 0.15) is 17.5 Å². The molecule has 2 aromatic heterocycles. The summed E-state index contributed by atoms with van der Waals surface area (Å²) in [6.07, 6.45) is 1.64. The zero-order chi connectivity index (χ0) is 21.0. The lowest BCUT2D eigenvalue weighted by molar-refractivity contribution is -0.118. The van der Waals surface area contributed by atoms with E-state index in [0.29, 0.717) is 27.5 Å². The zero-order valence-corrected chi connectivity index (χ0v) is 17.5. The number of thioether (sulfide) groups is 1. The van der Waals surface area contributed by atoms with Gasteiger partial charge in [0, 0.05) is 13.0 Å². The van der Waals surface area contributed by atoms with Gasteiger partial charge in [0.15, 0.2) is 16.7 Å². The molecule has 8 nitrogen and oxygen atoms in total. The maximum absolute atomic E-state index is 12.4. The average molecular weight is 434 g/mol. The molecule has 0 spiro atoms. The van der Waals surface area contributed by atoms with Crippen molar-refractivity contribution in [2.24, 2.45) is 5.73 Å². The van der Waals surface area contributed by atoms with Gasteiger partial charge in [-0.2, -0.15) is 0 Å². The second kappa shape index (κ2) is 9.15. The third-order valence-electron chi connectivity index (χ3n) is 4.07. The summed E-state index contributed by atoms with van der Waals surface area (Å²) >= 11 is 7.45. The lowest BCUT2D eigenvalue weighted by Crippen LogP contribution is -2.17. The number of nitrogens with two attached hydrogens (primary N) is 1. The molecule has 3 N–H and O–H groups in total. The Balaban J connectivity index is 1.73. The van der Waals surface area contributed by atoms with Gasteiger partial charge in [-0.15, -0.1) is 10.2 Å². The van der Waals surface area contributed by atoms with E-state index in [9.17, 15) is 9.59 Å². The van der Waals surface area contributed by atoms with Crippen molar-refractivity contribution in [3.05, 3.63) is 46.7 Å². The van der Waals surface area contributed by atoms with Gasteiger partial charge in [0.05, 0.1) is 22.7 Å². The number of nitrogens with zero attached hydrogens (tertiary/aromatic N) is 3. The molecule has 152 valence electrons. The zero-order valence-electron chi connectivity index (χ0n) is 15.9. The maximum atomic E-state index is 12.4. The molecule has 2 heterocycles. The number of aromatic nitrogens is 3. The normalized spacial score (nSPS) is 10.9. The lowest BCUT2D eigenvalue weighted by atomic mass is 10.1. The standard InChI is InChI=1S/C19H20ClN5O3S/c1-11-8-12(2)17(13(20)9-11)22-16(27)10-29-19-24-23-18(14-4-3-7-28-14)25(19)6-5-15(21)26/h3-4,7-9H,5-6,10H2,1-2H3,(H2,21,26)(H,22,27). The van der Waals surface area contributed by atoms with E-state index >= 15 is 0 Å². The van der Waals surface area contributed by atoms with E-state index in [0.717, 1.165) is 11.1 Å². The monoisotopic (exact) mass is 433 g/mol. The van der Waals surface area contributed by atoms with Gasteiger partial charge in [0.25, 0.3) is 0 Å². The first-order valence-electron chi connectivity index (χ1n) is 8.80. The van der Waals surface area contributed by atoms with Crippen LogP contribution >= 0.6 is 23.4 Å². The number of aryl methyl sites for hydroxylation is 2. The topological polar surface area (TPSA) is 116 Å². The number of carbonyl (C=O) groups is 2. The summed E-state index contributed by atoms with van der Waals surface area (Å²) in [6, 6.07) is 7.22. The van der Waals surface area contributed by atoms with Crippen LogP contribution in [0.5, 0.6) is 0 Å². The van der Waals surface area contributed by atoms with Crippen molar-refractivity contribution < 1.29 is 14.0 Å². The molecular weight excluding hydrogens is 414 g/mol. The molecule has 2 amide bonds. The highest BCUT2D eigenvalue weighted by Crippen LogP contribution is 2.28. The Morgan fingerprint density at radius 2 is 2.10 bits per heavy atom. The summed E-state index contributed by atoms with van der Waals surface area (Å²) < 4.78 is 7.09. The molecular formula is C19H20ClN5O3S. The number of benzene rings is 1. The first-order valence-corrected chi connectivity index (χ1v) is 10.2. The second-order valence-electron chi connectivity index (χ2n) is 6.43. The molecule has 0 saturated carbocycles. The molecule has 0 bridgehead atoms. The van der Waals surface area contributed by atoms with Crippen molar-refractivity contribution in [2.45, 2.75) is 32.0 Å². The first kappa shape index (κ1) is 20.9. The molecule has 0 aliphatic heterocycles. The summed E-state index contributed by atoms with van der Waals surface area (Å²) in [5.41, 5.74) is 7.78. The Kier molecular flexibility index (Phi) is 6.60. The number of nitrogens with one attached hydrogen (secondary N) is 1. The third-order valence-corrected chi connectivity index (χ3v) is 5.33. The van der Waals surface area contributed by atoms with E-state index in [2.05, 4.69) is 15.5 Å². The number of primary amides is 1. The molecule has 0 atom stereocenters. The number of carbonyl (C=O) groups excluding carboxylic acids is 2. The number of hydrogen-bond donors (Lipinski definition) is 2. The van der Waals surface area contributed by atoms with Crippen LogP contribution in [0.3, 0.4) is 0 Å². The minimum Gasteiger partial charge on any atom is -0.461 e. The molecule has 29 heavy (non-hydrogen) atoms. The van der Waals surface area contributed by atoms with Crippen LogP contribution in [0.4, 0.5) is 5.69 Å². The number of hydrogen-bond acceptors (Lipinski definition) is 6. The Morgan fingerprint density at radius 3 is 2.76 bits per heavy atom. The van der Waals surface area contributed by atoms with E-state index in [4.69, 9.17) is 21.8 Å². The van der Waals surface area contributed by atoms with Crippen LogP contribution in [0.25, 0.3) is 11.6 Å².